The molecule has 29 heavy (non-hydrogen) atoms. The fourth-order valence-electron chi connectivity index (χ4n) is 2.85. The molecule has 1 N–H and O–H groups in total. The number of halogens is 1. The first kappa shape index (κ1) is 19.8. The van der Waals surface area contributed by atoms with Gasteiger partial charge in [-0.25, -0.2) is 9.97 Å². The summed E-state index contributed by atoms with van der Waals surface area (Å²) >= 11 is 1.61. The van der Waals surface area contributed by atoms with Gasteiger partial charge in [0, 0.05) is 42.2 Å². The Morgan fingerprint density at radius 1 is 1.31 bits per heavy atom. The summed E-state index contributed by atoms with van der Waals surface area (Å²) in [6.45, 7) is 2.41. The van der Waals surface area contributed by atoms with Crippen LogP contribution >= 0.6 is 11.3 Å². The van der Waals surface area contributed by atoms with Crippen molar-refractivity contribution < 1.29 is 23.4 Å². The van der Waals surface area contributed by atoms with Gasteiger partial charge in [-0.3, -0.25) is 4.39 Å². The molecule has 1 aliphatic rings. The van der Waals surface area contributed by atoms with E-state index in [1.807, 2.05) is 18.3 Å². The smallest absolute Gasteiger partial charge is 0.220 e. The lowest BCUT2D eigenvalue weighted by molar-refractivity contribution is 0.122. The number of ether oxygens (including phenoxy) is 2. The summed E-state index contributed by atoms with van der Waals surface area (Å²) in [6, 6.07) is 5.26. The van der Waals surface area contributed by atoms with Crippen molar-refractivity contribution in [2.24, 2.45) is 5.92 Å². The molecule has 154 valence electrons. The third-order valence-electron chi connectivity index (χ3n) is 4.52. The predicted octanol–water partition coefficient (Wildman–Crippen LogP) is 3.25. The van der Waals surface area contributed by atoms with Gasteiger partial charge < -0.3 is 23.9 Å². The van der Waals surface area contributed by atoms with Gasteiger partial charge in [-0.2, -0.15) is 0 Å². The normalized spacial score (nSPS) is 16.0. The number of aliphatic hydroxyl groups is 1. The minimum Gasteiger partial charge on any atom is -0.493 e. The number of nitrogens with zero attached hydrogens (tertiary/aromatic N) is 3. The Hall–Kier alpha value is -2.49. The average Bonchev–Trinajstić information content (AvgIpc) is 3.40. The number of aliphatic hydroxyl groups excluding tert-OH is 1. The Morgan fingerprint density at radius 3 is 2.97 bits per heavy atom. The number of anilines is 1. The van der Waals surface area contributed by atoms with Crippen molar-refractivity contribution in [3.05, 3.63) is 35.2 Å². The van der Waals surface area contributed by atoms with E-state index in [0.29, 0.717) is 22.7 Å². The van der Waals surface area contributed by atoms with Crippen molar-refractivity contribution in [1.29, 1.82) is 0 Å². The second kappa shape index (κ2) is 9.34. The van der Waals surface area contributed by atoms with Gasteiger partial charge >= 0.3 is 0 Å². The van der Waals surface area contributed by atoms with Gasteiger partial charge in [0.15, 0.2) is 10.7 Å². The Labute approximate surface area is 171 Å². The fraction of sp³-hybridized carbons (Fsp3) is 0.400. The number of benzene rings is 1. The molecule has 1 aromatic carbocycles. The summed E-state index contributed by atoms with van der Waals surface area (Å²) in [4.78, 5) is 12.2. The monoisotopic (exact) mass is 419 g/mol. The van der Waals surface area contributed by atoms with Crippen LogP contribution in [0.5, 0.6) is 5.75 Å². The van der Waals surface area contributed by atoms with Crippen LogP contribution in [0.15, 0.2) is 28.8 Å². The van der Waals surface area contributed by atoms with E-state index in [0.717, 1.165) is 36.3 Å². The molecule has 1 atom stereocenters. The fourth-order valence-corrected chi connectivity index (χ4v) is 3.72. The van der Waals surface area contributed by atoms with Gasteiger partial charge in [0.2, 0.25) is 5.89 Å². The summed E-state index contributed by atoms with van der Waals surface area (Å²) in [7, 11) is 0. The Morgan fingerprint density at radius 2 is 2.17 bits per heavy atom. The Kier molecular flexibility index (Phi) is 6.38. The predicted molar refractivity (Wildman–Crippen MR) is 110 cm³/mol. The standard InChI is InChI=1S/C20H22FN3O4S/c21-10-14(12-25)13-27-15-1-3-17-18(9-15)28-19(23-17)4-2-16-11-22-20(29-16)24-5-7-26-8-6-24/h1-4,9,11,14,25H,5-8,10,12-13H2/b4-2+. The first-order valence-corrected chi connectivity index (χ1v) is 10.2. The maximum atomic E-state index is 12.7. The van der Waals surface area contributed by atoms with E-state index in [1.165, 1.54) is 0 Å². The number of thiazole rings is 1. The molecule has 7 nitrogen and oxygen atoms in total. The second-order valence-electron chi connectivity index (χ2n) is 6.67. The minimum absolute atomic E-state index is 0.107. The molecule has 2 aromatic heterocycles. The summed E-state index contributed by atoms with van der Waals surface area (Å²) in [5.41, 5.74) is 1.29. The topological polar surface area (TPSA) is 80.9 Å². The van der Waals surface area contributed by atoms with Gasteiger partial charge in [0.25, 0.3) is 0 Å². The molecule has 1 unspecified atom stereocenters. The summed E-state index contributed by atoms with van der Waals surface area (Å²) in [6.07, 6.45) is 5.57. The summed E-state index contributed by atoms with van der Waals surface area (Å²) < 4.78 is 29.3. The van der Waals surface area contributed by atoms with Crippen LogP contribution < -0.4 is 9.64 Å². The molecule has 1 fully saturated rings. The van der Waals surface area contributed by atoms with Crippen molar-refractivity contribution in [2.45, 2.75) is 0 Å². The van der Waals surface area contributed by atoms with Crippen LogP contribution in [0.1, 0.15) is 10.8 Å². The van der Waals surface area contributed by atoms with Crippen LogP contribution in [0.3, 0.4) is 0 Å². The number of rotatable bonds is 8. The Bertz CT molecular complexity index is 964. The molecular formula is C20H22FN3O4S. The van der Waals surface area contributed by atoms with Crippen LogP contribution in [0.2, 0.25) is 0 Å². The van der Waals surface area contributed by atoms with Crippen molar-refractivity contribution in [3.8, 4) is 5.75 Å². The molecular weight excluding hydrogens is 397 g/mol. The molecule has 0 radical (unpaired) electrons. The van der Waals surface area contributed by atoms with E-state index in [2.05, 4.69) is 14.9 Å². The maximum absolute atomic E-state index is 12.7. The highest BCUT2D eigenvalue weighted by molar-refractivity contribution is 7.16. The van der Waals surface area contributed by atoms with E-state index < -0.39 is 12.6 Å². The molecule has 9 heteroatoms. The van der Waals surface area contributed by atoms with E-state index in [4.69, 9.17) is 19.0 Å². The molecule has 3 aromatic rings. The Balaban J connectivity index is 1.42. The molecule has 4 rings (SSSR count). The lowest BCUT2D eigenvalue weighted by Gasteiger charge is -2.25. The number of morpholine rings is 1. The number of hydrogen-bond donors (Lipinski definition) is 1. The van der Waals surface area contributed by atoms with Crippen molar-refractivity contribution >= 4 is 39.7 Å². The molecule has 1 saturated heterocycles. The zero-order valence-corrected chi connectivity index (χ0v) is 16.6. The number of alkyl halides is 1. The lowest BCUT2D eigenvalue weighted by atomic mass is 10.2. The van der Waals surface area contributed by atoms with Crippen LogP contribution in [0.4, 0.5) is 9.52 Å². The van der Waals surface area contributed by atoms with Gasteiger partial charge in [0.05, 0.1) is 33.1 Å². The van der Waals surface area contributed by atoms with E-state index >= 15 is 0 Å². The first-order chi connectivity index (χ1) is 14.2. The maximum Gasteiger partial charge on any atom is 0.220 e. The number of hydrogen-bond acceptors (Lipinski definition) is 8. The zero-order valence-electron chi connectivity index (χ0n) is 15.8. The molecule has 0 amide bonds. The molecule has 0 bridgehead atoms. The van der Waals surface area contributed by atoms with Gasteiger partial charge in [-0.15, -0.1) is 0 Å². The highest BCUT2D eigenvalue weighted by Gasteiger charge is 2.14. The average molecular weight is 419 g/mol. The van der Waals surface area contributed by atoms with E-state index in [-0.39, 0.29) is 13.2 Å². The third-order valence-corrected chi connectivity index (χ3v) is 5.55. The van der Waals surface area contributed by atoms with Crippen LogP contribution in [0.25, 0.3) is 23.3 Å². The van der Waals surface area contributed by atoms with Crippen LogP contribution in [-0.4, -0.2) is 61.3 Å². The molecule has 0 spiro atoms. The van der Waals surface area contributed by atoms with Gasteiger partial charge in [-0.05, 0) is 18.2 Å². The third kappa shape index (κ3) is 4.92. The SMILES string of the molecule is OCC(CF)COc1ccc2nc(/C=C/c3cnc(N4CCOCC4)s3)oc2c1. The first-order valence-electron chi connectivity index (χ1n) is 9.42. The summed E-state index contributed by atoms with van der Waals surface area (Å²) in [5.74, 6) is 0.504. The summed E-state index contributed by atoms with van der Waals surface area (Å²) in [5, 5.41) is 10.0. The van der Waals surface area contributed by atoms with Crippen molar-refractivity contribution in [1.82, 2.24) is 9.97 Å². The van der Waals surface area contributed by atoms with Gasteiger partial charge in [-0.1, -0.05) is 11.3 Å². The lowest BCUT2D eigenvalue weighted by Crippen LogP contribution is -2.36. The van der Waals surface area contributed by atoms with Crippen LogP contribution in [0, 0.1) is 5.92 Å². The minimum atomic E-state index is -0.624. The number of fused-ring (bicyclic) bond motifs is 1. The zero-order chi connectivity index (χ0) is 20.1. The number of aromatic nitrogens is 2. The van der Waals surface area contributed by atoms with E-state index in [9.17, 15) is 4.39 Å². The largest absolute Gasteiger partial charge is 0.493 e. The molecule has 0 saturated carbocycles. The quantitative estimate of drug-likeness (QED) is 0.600. The van der Waals surface area contributed by atoms with Crippen molar-refractivity contribution in [3.63, 3.8) is 0 Å². The molecule has 1 aliphatic heterocycles. The molecule has 3 heterocycles. The second-order valence-corrected chi connectivity index (χ2v) is 7.71. The van der Waals surface area contributed by atoms with Gasteiger partial charge in [0.1, 0.15) is 11.3 Å². The van der Waals surface area contributed by atoms with E-state index in [1.54, 1.807) is 29.5 Å². The highest BCUT2D eigenvalue weighted by atomic mass is 32.1. The number of oxazole rings is 1. The molecule has 0 aliphatic carbocycles. The van der Waals surface area contributed by atoms with Crippen LogP contribution in [-0.2, 0) is 4.74 Å². The van der Waals surface area contributed by atoms with Crippen molar-refractivity contribution in [2.75, 3.05) is 51.1 Å². The highest BCUT2D eigenvalue weighted by Crippen LogP contribution is 2.26.